The number of hydrogen-bond donors (Lipinski definition) is 0. The Labute approximate surface area is 143 Å². The smallest absolute Gasteiger partial charge is 0.269 e. The third-order valence-corrected chi connectivity index (χ3v) is 4.32. The SMILES string of the molecule is CCOCCCn1c(=C(C#N)C#N)s/c(=C\c2ccccn2)c1=O. The summed E-state index contributed by atoms with van der Waals surface area (Å²) in [5, 5.41) is 18.3. The Hall–Kier alpha value is -2.74. The number of ether oxygens (including phenoxy) is 1. The number of hydrogen-bond acceptors (Lipinski definition) is 6. The second-order valence-electron chi connectivity index (χ2n) is 4.78. The summed E-state index contributed by atoms with van der Waals surface area (Å²) in [4.78, 5) is 16.8. The van der Waals surface area contributed by atoms with Crippen molar-refractivity contribution in [2.75, 3.05) is 13.2 Å². The highest BCUT2D eigenvalue weighted by Gasteiger charge is 2.09. The number of nitrogens with zero attached hydrogens (tertiary/aromatic N) is 4. The summed E-state index contributed by atoms with van der Waals surface area (Å²) in [5.74, 6) is 0. The van der Waals surface area contributed by atoms with Gasteiger partial charge in [-0.05, 0) is 31.6 Å². The Morgan fingerprint density at radius 1 is 1.42 bits per heavy atom. The third kappa shape index (κ3) is 4.17. The maximum absolute atomic E-state index is 12.6. The molecule has 0 aliphatic heterocycles. The Bertz CT molecular complexity index is 930. The molecule has 0 atom stereocenters. The molecule has 0 saturated carbocycles. The largest absolute Gasteiger partial charge is 0.382 e. The molecule has 0 bridgehead atoms. The lowest BCUT2D eigenvalue weighted by Gasteiger charge is -2.02. The quantitative estimate of drug-likeness (QED) is 0.724. The van der Waals surface area contributed by atoms with Crippen LogP contribution in [0.25, 0.3) is 11.6 Å². The molecule has 0 amide bonds. The van der Waals surface area contributed by atoms with Gasteiger partial charge >= 0.3 is 0 Å². The summed E-state index contributed by atoms with van der Waals surface area (Å²) >= 11 is 1.13. The van der Waals surface area contributed by atoms with Crippen LogP contribution in [-0.2, 0) is 11.3 Å². The normalized spacial score (nSPS) is 11.0. The molecule has 0 unspecified atom stereocenters. The van der Waals surface area contributed by atoms with Gasteiger partial charge in [-0.25, -0.2) is 0 Å². The van der Waals surface area contributed by atoms with Gasteiger partial charge in [0.25, 0.3) is 5.56 Å². The molecule has 2 aromatic heterocycles. The van der Waals surface area contributed by atoms with Crippen molar-refractivity contribution < 1.29 is 4.74 Å². The highest BCUT2D eigenvalue weighted by atomic mass is 32.1. The van der Waals surface area contributed by atoms with Gasteiger partial charge in [-0.2, -0.15) is 10.5 Å². The van der Waals surface area contributed by atoms with Crippen LogP contribution in [0, 0.1) is 22.7 Å². The van der Waals surface area contributed by atoms with E-state index in [4.69, 9.17) is 15.3 Å². The molecular formula is C17H16N4O2S. The van der Waals surface area contributed by atoms with Gasteiger partial charge in [0.15, 0.2) is 5.57 Å². The average molecular weight is 340 g/mol. The van der Waals surface area contributed by atoms with Crippen molar-refractivity contribution in [3.05, 3.63) is 49.6 Å². The van der Waals surface area contributed by atoms with Crippen LogP contribution in [0.3, 0.4) is 0 Å². The molecular weight excluding hydrogens is 324 g/mol. The number of rotatable bonds is 6. The molecule has 122 valence electrons. The summed E-state index contributed by atoms with van der Waals surface area (Å²) in [6, 6.07) is 9.13. The van der Waals surface area contributed by atoms with Crippen LogP contribution in [0.1, 0.15) is 19.0 Å². The fourth-order valence-electron chi connectivity index (χ4n) is 2.09. The van der Waals surface area contributed by atoms with Crippen LogP contribution in [0.4, 0.5) is 0 Å². The fourth-order valence-corrected chi connectivity index (χ4v) is 3.16. The highest BCUT2D eigenvalue weighted by Crippen LogP contribution is 1.95. The summed E-state index contributed by atoms with van der Waals surface area (Å²) in [5.41, 5.74) is 0.369. The topological polar surface area (TPSA) is 91.7 Å². The van der Waals surface area contributed by atoms with Crippen molar-refractivity contribution in [2.24, 2.45) is 0 Å². The van der Waals surface area contributed by atoms with Crippen molar-refractivity contribution in [3.63, 3.8) is 0 Å². The van der Waals surface area contributed by atoms with Crippen LogP contribution in [-0.4, -0.2) is 22.8 Å². The van der Waals surface area contributed by atoms with Crippen molar-refractivity contribution >= 4 is 23.0 Å². The molecule has 0 N–H and O–H groups in total. The van der Waals surface area contributed by atoms with E-state index in [9.17, 15) is 4.79 Å². The van der Waals surface area contributed by atoms with E-state index in [2.05, 4.69) is 4.98 Å². The minimum atomic E-state index is -0.222. The third-order valence-electron chi connectivity index (χ3n) is 3.19. The maximum Gasteiger partial charge on any atom is 0.269 e. The predicted molar refractivity (Wildman–Crippen MR) is 91.4 cm³/mol. The molecule has 0 aliphatic carbocycles. The summed E-state index contributed by atoms with van der Waals surface area (Å²) in [6.45, 7) is 3.43. The maximum atomic E-state index is 12.6. The Kier molecular flexibility index (Phi) is 6.44. The number of nitriles is 2. The standard InChI is InChI=1S/C17H16N4O2S/c1-2-23-9-5-8-21-16(22)15(10-14-6-3-4-7-20-14)24-17(21)13(11-18)12-19/h3-4,6-7,10H,2,5,8-9H2,1H3/b15-10-. The van der Waals surface area contributed by atoms with Crippen molar-refractivity contribution in [3.8, 4) is 12.1 Å². The monoisotopic (exact) mass is 340 g/mol. The molecule has 6 nitrogen and oxygen atoms in total. The second kappa shape index (κ2) is 8.78. The van der Waals surface area contributed by atoms with Crippen molar-refractivity contribution in [2.45, 2.75) is 19.9 Å². The number of thiazole rings is 1. The first-order valence-corrected chi connectivity index (χ1v) is 8.27. The molecule has 7 heteroatoms. The van der Waals surface area contributed by atoms with Crippen LogP contribution < -0.4 is 14.8 Å². The van der Waals surface area contributed by atoms with E-state index in [1.807, 2.05) is 25.1 Å². The first kappa shape index (κ1) is 17.6. The van der Waals surface area contributed by atoms with E-state index >= 15 is 0 Å². The minimum Gasteiger partial charge on any atom is -0.382 e. The molecule has 0 aromatic carbocycles. The Morgan fingerprint density at radius 2 is 2.21 bits per heavy atom. The average Bonchev–Trinajstić information content (AvgIpc) is 2.90. The minimum absolute atomic E-state index is 0.0609. The van der Waals surface area contributed by atoms with Gasteiger partial charge in [0.1, 0.15) is 16.8 Å². The van der Waals surface area contributed by atoms with Crippen LogP contribution in [0.5, 0.6) is 0 Å². The van der Waals surface area contributed by atoms with Gasteiger partial charge in [-0.1, -0.05) is 6.07 Å². The molecule has 2 rings (SSSR count). The lowest BCUT2D eigenvalue weighted by molar-refractivity contribution is 0.141. The molecule has 0 saturated heterocycles. The molecule has 2 heterocycles. The molecule has 24 heavy (non-hydrogen) atoms. The van der Waals surface area contributed by atoms with Gasteiger partial charge in [-0.3, -0.25) is 14.3 Å². The number of pyridine rings is 1. The molecule has 2 aromatic rings. The van der Waals surface area contributed by atoms with Crippen LogP contribution in [0.15, 0.2) is 29.2 Å². The van der Waals surface area contributed by atoms with Gasteiger partial charge in [0, 0.05) is 26.0 Å². The predicted octanol–water partition coefficient (Wildman–Crippen LogP) is 0.758. The van der Waals surface area contributed by atoms with E-state index < -0.39 is 0 Å². The zero-order chi connectivity index (χ0) is 17.4. The van der Waals surface area contributed by atoms with Gasteiger partial charge in [0.2, 0.25) is 0 Å². The van der Waals surface area contributed by atoms with Crippen LogP contribution in [0.2, 0.25) is 0 Å². The van der Waals surface area contributed by atoms with Gasteiger partial charge in [0.05, 0.1) is 10.2 Å². The lowest BCUT2D eigenvalue weighted by atomic mass is 10.3. The molecule has 0 radical (unpaired) electrons. The molecule has 0 fully saturated rings. The number of aromatic nitrogens is 2. The van der Waals surface area contributed by atoms with E-state index in [0.717, 1.165) is 11.3 Å². The Morgan fingerprint density at radius 3 is 2.83 bits per heavy atom. The second-order valence-corrected chi connectivity index (χ2v) is 5.81. The zero-order valence-electron chi connectivity index (χ0n) is 13.2. The first-order valence-electron chi connectivity index (χ1n) is 7.46. The van der Waals surface area contributed by atoms with E-state index in [0.29, 0.717) is 41.1 Å². The van der Waals surface area contributed by atoms with E-state index in [1.54, 1.807) is 24.4 Å². The van der Waals surface area contributed by atoms with Gasteiger partial charge < -0.3 is 4.74 Å². The van der Waals surface area contributed by atoms with E-state index in [-0.39, 0.29) is 11.1 Å². The molecule has 0 aliphatic rings. The highest BCUT2D eigenvalue weighted by molar-refractivity contribution is 7.07. The summed E-state index contributed by atoms with van der Waals surface area (Å²) < 4.78 is 7.58. The lowest BCUT2D eigenvalue weighted by Crippen LogP contribution is -2.32. The van der Waals surface area contributed by atoms with E-state index in [1.165, 1.54) is 4.57 Å². The van der Waals surface area contributed by atoms with Crippen molar-refractivity contribution in [1.82, 2.24) is 9.55 Å². The van der Waals surface area contributed by atoms with Gasteiger partial charge in [-0.15, -0.1) is 11.3 Å². The Balaban J connectivity index is 2.55. The summed E-state index contributed by atoms with van der Waals surface area (Å²) in [6.07, 6.45) is 3.94. The zero-order valence-corrected chi connectivity index (χ0v) is 14.0. The van der Waals surface area contributed by atoms with Crippen molar-refractivity contribution in [1.29, 1.82) is 10.5 Å². The van der Waals surface area contributed by atoms with Crippen LogP contribution >= 0.6 is 11.3 Å². The fraction of sp³-hybridized carbons (Fsp3) is 0.294. The first-order chi connectivity index (χ1) is 11.7. The summed E-state index contributed by atoms with van der Waals surface area (Å²) in [7, 11) is 0. The molecule has 0 spiro atoms.